The van der Waals surface area contributed by atoms with Crippen LogP contribution in [0.15, 0.2) is 0 Å². The van der Waals surface area contributed by atoms with Gasteiger partial charge in [0.15, 0.2) is 0 Å². The number of ether oxygens (including phenoxy) is 1. The van der Waals surface area contributed by atoms with E-state index in [-0.39, 0.29) is 1.43 Å². The summed E-state index contributed by atoms with van der Waals surface area (Å²) in [7, 11) is 0. The van der Waals surface area contributed by atoms with Crippen molar-refractivity contribution >= 4 is 0 Å². The fourth-order valence-corrected chi connectivity index (χ4v) is 1.07. The van der Waals surface area contributed by atoms with Crippen molar-refractivity contribution in [2.45, 2.75) is 12.0 Å². The molecule has 0 aromatic rings. The minimum atomic E-state index is 0. The molecule has 2 aliphatic rings. The lowest BCUT2D eigenvalue weighted by atomic mass is 9.89. The second kappa shape index (κ2) is 1.01. The van der Waals surface area contributed by atoms with Gasteiger partial charge in [0.25, 0.3) is 0 Å². The van der Waals surface area contributed by atoms with Gasteiger partial charge in [-0.3, -0.25) is 0 Å². The van der Waals surface area contributed by atoms with E-state index in [9.17, 15) is 0 Å². The Hall–Kier alpha value is -0.0800. The van der Waals surface area contributed by atoms with E-state index in [1.807, 2.05) is 0 Å². The minimum Gasteiger partial charge on any atom is -0.372 e. The SMILES string of the molecule is C1CC2(CNC2)O1.[HH]. The molecule has 0 atom stereocenters. The highest BCUT2D eigenvalue weighted by molar-refractivity contribution is 4.99. The molecule has 2 heterocycles. The van der Waals surface area contributed by atoms with Crippen molar-refractivity contribution in [2.75, 3.05) is 19.7 Å². The summed E-state index contributed by atoms with van der Waals surface area (Å²) in [4.78, 5) is 0. The maximum Gasteiger partial charge on any atom is 0.0951 e. The third kappa shape index (κ3) is 0.359. The van der Waals surface area contributed by atoms with Crippen molar-refractivity contribution in [3.8, 4) is 0 Å². The molecule has 42 valence electrons. The third-order valence-corrected chi connectivity index (χ3v) is 1.86. The highest BCUT2D eigenvalue weighted by Gasteiger charge is 2.43. The van der Waals surface area contributed by atoms with Gasteiger partial charge in [-0.15, -0.1) is 0 Å². The molecule has 7 heavy (non-hydrogen) atoms. The number of hydrogen-bond acceptors (Lipinski definition) is 2. The molecule has 2 rings (SSSR count). The second-order valence-electron chi connectivity index (χ2n) is 2.39. The predicted molar refractivity (Wildman–Crippen MR) is 28.3 cm³/mol. The first-order valence-electron chi connectivity index (χ1n) is 2.76. The van der Waals surface area contributed by atoms with Crippen molar-refractivity contribution in [2.24, 2.45) is 0 Å². The number of rotatable bonds is 0. The van der Waals surface area contributed by atoms with Crippen molar-refractivity contribution in [3.05, 3.63) is 0 Å². The zero-order chi connectivity index (χ0) is 4.74. The van der Waals surface area contributed by atoms with Crippen molar-refractivity contribution in [1.82, 2.24) is 5.32 Å². The van der Waals surface area contributed by atoms with Gasteiger partial charge in [-0.05, 0) is 0 Å². The zero-order valence-electron chi connectivity index (χ0n) is 4.24. The summed E-state index contributed by atoms with van der Waals surface area (Å²) in [5.41, 5.74) is 0.333. The smallest absolute Gasteiger partial charge is 0.0951 e. The molecule has 2 aliphatic heterocycles. The Bertz CT molecular complexity index is 72.9. The Balaban J connectivity index is 0.000000320. The molecule has 2 fully saturated rings. The largest absolute Gasteiger partial charge is 0.372 e. The van der Waals surface area contributed by atoms with Crippen LogP contribution in [0.4, 0.5) is 0 Å². The standard InChI is InChI=1S/C5H9NO.H2/c1-2-7-5(1)3-6-4-5;/h6H,1-4H2;1H. The van der Waals surface area contributed by atoms with Crippen molar-refractivity contribution in [1.29, 1.82) is 0 Å². The quantitative estimate of drug-likeness (QED) is 0.463. The molecule has 2 heteroatoms. The molecular formula is C5H11NO. The lowest BCUT2D eigenvalue weighted by Gasteiger charge is -2.49. The number of hydrogen-bond donors (Lipinski definition) is 1. The van der Waals surface area contributed by atoms with Crippen molar-refractivity contribution in [3.63, 3.8) is 0 Å². The van der Waals surface area contributed by atoms with Crippen molar-refractivity contribution < 1.29 is 6.16 Å². The Morgan fingerprint density at radius 2 is 2.29 bits per heavy atom. The van der Waals surface area contributed by atoms with Gasteiger partial charge >= 0.3 is 0 Å². The summed E-state index contributed by atoms with van der Waals surface area (Å²) in [6.07, 6.45) is 1.28. The van der Waals surface area contributed by atoms with Crippen LogP contribution in [-0.4, -0.2) is 25.3 Å². The molecular weight excluding hydrogens is 90.1 g/mol. The molecule has 0 aromatic heterocycles. The molecule has 0 aliphatic carbocycles. The van der Waals surface area contributed by atoms with E-state index in [0.29, 0.717) is 5.60 Å². The topological polar surface area (TPSA) is 21.3 Å². The van der Waals surface area contributed by atoms with E-state index >= 15 is 0 Å². The average molecular weight is 101 g/mol. The van der Waals surface area contributed by atoms with E-state index in [0.717, 1.165) is 19.7 Å². The first-order chi connectivity index (χ1) is 3.41. The van der Waals surface area contributed by atoms with E-state index < -0.39 is 0 Å². The van der Waals surface area contributed by atoms with E-state index in [1.54, 1.807) is 0 Å². The lowest BCUT2D eigenvalue weighted by Crippen LogP contribution is -2.66. The summed E-state index contributed by atoms with van der Waals surface area (Å²) in [5.74, 6) is 0. The van der Waals surface area contributed by atoms with E-state index in [1.165, 1.54) is 6.42 Å². The summed E-state index contributed by atoms with van der Waals surface area (Å²) in [5, 5.41) is 3.18. The fourth-order valence-electron chi connectivity index (χ4n) is 1.07. The van der Waals surface area contributed by atoms with Crippen LogP contribution in [0, 0.1) is 0 Å². The first kappa shape index (κ1) is 3.87. The van der Waals surface area contributed by atoms with Crippen LogP contribution in [0.1, 0.15) is 7.85 Å². The maximum atomic E-state index is 5.29. The highest BCUT2D eigenvalue weighted by Crippen LogP contribution is 2.29. The molecule has 0 saturated carbocycles. The van der Waals surface area contributed by atoms with Gasteiger partial charge in [-0.25, -0.2) is 0 Å². The van der Waals surface area contributed by atoms with Crippen LogP contribution in [0.3, 0.4) is 0 Å². The van der Waals surface area contributed by atoms with Gasteiger partial charge in [0, 0.05) is 20.9 Å². The summed E-state index contributed by atoms with van der Waals surface area (Å²) >= 11 is 0. The Morgan fingerprint density at radius 1 is 1.57 bits per heavy atom. The molecule has 0 unspecified atom stereocenters. The monoisotopic (exact) mass is 101 g/mol. The summed E-state index contributed by atoms with van der Waals surface area (Å²) in [6, 6.07) is 0. The van der Waals surface area contributed by atoms with E-state index in [4.69, 9.17) is 4.74 Å². The average Bonchev–Trinajstić information content (AvgIpc) is 1.20. The van der Waals surface area contributed by atoms with E-state index in [2.05, 4.69) is 5.32 Å². The molecule has 2 saturated heterocycles. The Labute approximate surface area is 44.3 Å². The van der Waals surface area contributed by atoms with Crippen LogP contribution in [0.5, 0.6) is 0 Å². The van der Waals surface area contributed by atoms with Crippen LogP contribution in [0.25, 0.3) is 0 Å². The molecule has 0 radical (unpaired) electrons. The first-order valence-corrected chi connectivity index (χ1v) is 2.76. The summed E-state index contributed by atoms with van der Waals surface area (Å²) in [6.45, 7) is 3.17. The predicted octanol–water partition coefficient (Wildman–Crippen LogP) is -0.00530. The Kier molecular flexibility index (Phi) is 0.557. The molecule has 2 nitrogen and oxygen atoms in total. The van der Waals surface area contributed by atoms with Gasteiger partial charge in [0.05, 0.1) is 12.2 Å². The van der Waals surface area contributed by atoms with Gasteiger partial charge in [0.1, 0.15) is 0 Å². The van der Waals surface area contributed by atoms with Gasteiger partial charge in [0.2, 0.25) is 0 Å². The molecule has 1 N–H and O–H groups in total. The van der Waals surface area contributed by atoms with Gasteiger partial charge in [-0.2, -0.15) is 0 Å². The molecule has 1 spiro atoms. The van der Waals surface area contributed by atoms with Crippen LogP contribution < -0.4 is 5.32 Å². The molecule has 0 bridgehead atoms. The molecule has 0 aromatic carbocycles. The van der Waals surface area contributed by atoms with Gasteiger partial charge < -0.3 is 10.1 Å². The zero-order valence-corrected chi connectivity index (χ0v) is 4.24. The Morgan fingerprint density at radius 3 is 2.29 bits per heavy atom. The molecule has 0 amide bonds. The third-order valence-electron chi connectivity index (χ3n) is 1.86. The van der Waals surface area contributed by atoms with Crippen LogP contribution in [-0.2, 0) is 4.74 Å². The van der Waals surface area contributed by atoms with Crippen LogP contribution >= 0.6 is 0 Å². The minimum absolute atomic E-state index is 0. The second-order valence-corrected chi connectivity index (χ2v) is 2.39. The normalized spacial score (nSPS) is 34.3. The van der Waals surface area contributed by atoms with Crippen LogP contribution in [0.2, 0.25) is 0 Å². The maximum absolute atomic E-state index is 5.29. The fraction of sp³-hybridized carbons (Fsp3) is 1.00. The van der Waals surface area contributed by atoms with Gasteiger partial charge in [-0.1, -0.05) is 0 Å². The number of nitrogens with one attached hydrogen (secondary N) is 1. The summed E-state index contributed by atoms with van der Waals surface area (Å²) < 4.78 is 5.29. The lowest BCUT2D eigenvalue weighted by molar-refractivity contribution is -0.173. The highest BCUT2D eigenvalue weighted by atomic mass is 16.5.